The fourth-order valence-corrected chi connectivity index (χ4v) is 2.82. The van der Waals surface area contributed by atoms with Crippen molar-refractivity contribution in [1.82, 2.24) is 15.3 Å². The molecule has 2 aromatic rings. The quantitative estimate of drug-likeness (QED) is 0.652. The Balaban J connectivity index is 2.03. The van der Waals surface area contributed by atoms with Crippen LogP contribution in [0.2, 0.25) is 0 Å². The van der Waals surface area contributed by atoms with E-state index in [9.17, 15) is 14.7 Å². The van der Waals surface area contributed by atoms with Crippen LogP contribution in [0.3, 0.4) is 0 Å². The lowest BCUT2D eigenvalue weighted by Crippen LogP contribution is -2.41. The largest absolute Gasteiger partial charge is 0.480 e. The molecule has 0 spiro atoms. The first-order valence-corrected chi connectivity index (χ1v) is 9.50. The van der Waals surface area contributed by atoms with E-state index in [2.05, 4.69) is 20.6 Å². The summed E-state index contributed by atoms with van der Waals surface area (Å²) in [6, 6.07) is 7.72. The zero-order valence-corrected chi connectivity index (χ0v) is 15.8. The van der Waals surface area contributed by atoms with Gasteiger partial charge in [-0.2, -0.15) is 11.8 Å². The van der Waals surface area contributed by atoms with Crippen LogP contribution in [0, 0.1) is 13.8 Å². The van der Waals surface area contributed by atoms with E-state index in [-0.39, 0.29) is 0 Å². The Morgan fingerprint density at radius 1 is 1.15 bits per heavy atom. The van der Waals surface area contributed by atoms with Gasteiger partial charge in [0.2, 0.25) is 5.95 Å². The average Bonchev–Trinajstić information content (AvgIpc) is 2.58. The predicted octanol–water partition coefficient (Wildman–Crippen LogP) is 2.77. The molecule has 26 heavy (non-hydrogen) atoms. The molecule has 8 heteroatoms. The molecule has 0 bridgehead atoms. The van der Waals surface area contributed by atoms with Crippen molar-refractivity contribution in [3.63, 3.8) is 0 Å². The number of carboxylic acids is 1. The lowest BCUT2D eigenvalue weighted by Gasteiger charge is -2.14. The van der Waals surface area contributed by atoms with E-state index >= 15 is 0 Å². The number of rotatable bonds is 8. The highest BCUT2D eigenvalue weighted by atomic mass is 32.2. The molecule has 0 aliphatic carbocycles. The molecule has 0 saturated carbocycles. The number of carboxylic acid groups (broad SMARTS) is 1. The van der Waals surface area contributed by atoms with E-state index in [0.29, 0.717) is 23.7 Å². The molecule has 3 N–H and O–H groups in total. The Kier molecular flexibility index (Phi) is 6.97. The maximum absolute atomic E-state index is 12.3. The number of aromatic nitrogens is 2. The van der Waals surface area contributed by atoms with Gasteiger partial charge in [0.25, 0.3) is 5.91 Å². The second-order valence-corrected chi connectivity index (χ2v) is 6.81. The van der Waals surface area contributed by atoms with Crippen LogP contribution in [0.25, 0.3) is 0 Å². The van der Waals surface area contributed by atoms with E-state index in [1.54, 1.807) is 36.0 Å². The smallest absolute Gasteiger partial charge is 0.326 e. The van der Waals surface area contributed by atoms with Crippen LogP contribution >= 0.6 is 11.8 Å². The SMILES string of the molecule is CSCCC(NC(=O)c1ccc(Nc2nc(C)cc(C)n2)cc1)C(=O)O. The highest BCUT2D eigenvalue weighted by Crippen LogP contribution is 2.15. The maximum atomic E-state index is 12.3. The van der Waals surface area contributed by atoms with E-state index in [4.69, 9.17) is 0 Å². The van der Waals surface area contributed by atoms with Crippen molar-refractivity contribution in [2.24, 2.45) is 0 Å². The summed E-state index contributed by atoms with van der Waals surface area (Å²) in [4.78, 5) is 32.1. The van der Waals surface area contributed by atoms with Crippen molar-refractivity contribution in [2.45, 2.75) is 26.3 Å². The minimum absolute atomic E-state index is 0.381. The number of thioether (sulfide) groups is 1. The molecule has 138 valence electrons. The highest BCUT2D eigenvalue weighted by Gasteiger charge is 2.20. The fourth-order valence-electron chi connectivity index (χ4n) is 2.35. The Morgan fingerprint density at radius 2 is 1.77 bits per heavy atom. The van der Waals surface area contributed by atoms with Gasteiger partial charge in [-0.05, 0) is 62.6 Å². The number of hydrogen-bond acceptors (Lipinski definition) is 6. The monoisotopic (exact) mass is 374 g/mol. The van der Waals surface area contributed by atoms with Gasteiger partial charge in [0.05, 0.1) is 0 Å². The molecule has 0 aliphatic rings. The Morgan fingerprint density at radius 3 is 2.31 bits per heavy atom. The zero-order valence-electron chi connectivity index (χ0n) is 14.9. The van der Waals surface area contributed by atoms with Gasteiger partial charge in [0.15, 0.2) is 0 Å². The van der Waals surface area contributed by atoms with E-state index < -0.39 is 17.9 Å². The number of amides is 1. The molecule has 0 radical (unpaired) electrons. The maximum Gasteiger partial charge on any atom is 0.326 e. The van der Waals surface area contributed by atoms with Crippen molar-refractivity contribution in [2.75, 3.05) is 17.3 Å². The summed E-state index contributed by atoms with van der Waals surface area (Å²) in [7, 11) is 0. The second kappa shape index (κ2) is 9.19. The third-order valence-electron chi connectivity index (χ3n) is 3.60. The van der Waals surface area contributed by atoms with E-state index in [0.717, 1.165) is 17.1 Å². The third kappa shape index (κ3) is 5.73. The summed E-state index contributed by atoms with van der Waals surface area (Å²) in [5.41, 5.74) is 2.86. The van der Waals surface area contributed by atoms with Gasteiger partial charge in [0, 0.05) is 22.6 Å². The van der Waals surface area contributed by atoms with Crippen LogP contribution in [0.1, 0.15) is 28.2 Å². The number of nitrogens with zero attached hydrogens (tertiary/aromatic N) is 2. The molecule has 0 fully saturated rings. The number of hydrogen-bond donors (Lipinski definition) is 3. The summed E-state index contributed by atoms with van der Waals surface area (Å²) in [6.45, 7) is 3.78. The van der Waals surface area contributed by atoms with Gasteiger partial charge in [-0.25, -0.2) is 14.8 Å². The first-order chi connectivity index (χ1) is 12.4. The first kappa shape index (κ1) is 19.7. The van der Waals surface area contributed by atoms with Gasteiger partial charge >= 0.3 is 5.97 Å². The number of anilines is 2. The topological polar surface area (TPSA) is 104 Å². The molecule has 1 atom stereocenters. The van der Waals surface area contributed by atoms with E-state index in [1.165, 1.54) is 0 Å². The lowest BCUT2D eigenvalue weighted by atomic mass is 10.1. The summed E-state index contributed by atoms with van der Waals surface area (Å²) in [5.74, 6) is -0.288. The molecule has 1 unspecified atom stereocenters. The van der Waals surface area contributed by atoms with Gasteiger partial charge in [-0.15, -0.1) is 0 Å². The number of aliphatic carboxylic acids is 1. The van der Waals surface area contributed by atoms with Crippen molar-refractivity contribution < 1.29 is 14.7 Å². The number of nitrogens with one attached hydrogen (secondary N) is 2. The Hall–Kier alpha value is -2.61. The first-order valence-electron chi connectivity index (χ1n) is 8.11. The molecule has 2 rings (SSSR count). The van der Waals surface area contributed by atoms with Gasteiger partial charge in [0.1, 0.15) is 6.04 Å². The molecular formula is C18H22N4O3S. The van der Waals surface area contributed by atoms with Crippen molar-refractivity contribution >= 4 is 35.3 Å². The standard InChI is InChI=1S/C18H22N4O3S/c1-11-10-12(2)20-18(19-11)21-14-6-4-13(5-7-14)16(23)22-15(17(24)25)8-9-26-3/h4-7,10,15H,8-9H2,1-3H3,(H,22,23)(H,24,25)(H,19,20,21). The number of carbonyl (C=O) groups excluding carboxylic acids is 1. The molecule has 0 aliphatic heterocycles. The average molecular weight is 374 g/mol. The van der Waals surface area contributed by atoms with Crippen LogP contribution in [0.5, 0.6) is 0 Å². The lowest BCUT2D eigenvalue weighted by molar-refractivity contribution is -0.139. The third-order valence-corrected chi connectivity index (χ3v) is 4.24. The summed E-state index contributed by atoms with van der Waals surface area (Å²) < 4.78 is 0. The predicted molar refractivity (Wildman–Crippen MR) is 103 cm³/mol. The van der Waals surface area contributed by atoms with Gasteiger partial charge in [-0.1, -0.05) is 0 Å². The van der Waals surface area contributed by atoms with Crippen LogP contribution in [-0.4, -0.2) is 45.0 Å². The minimum atomic E-state index is -1.03. The Labute approximate surface area is 156 Å². The molecule has 7 nitrogen and oxygen atoms in total. The Bertz CT molecular complexity index is 760. The van der Waals surface area contributed by atoms with Crippen LogP contribution < -0.4 is 10.6 Å². The number of carbonyl (C=O) groups is 2. The van der Waals surface area contributed by atoms with Gasteiger partial charge in [-0.3, -0.25) is 4.79 Å². The number of aryl methyl sites for hydroxylation is 2. The zero-order chi connectivity index (χ0) is 19.1. The van der Waals surface area contributed by atoms with Crippen LogP contribution in [0.15, 0.2) is 30.3 Å². The van der Waals surface area contributed by atoms with Crippen LogP contribution in [-0.2, 0) is 4.79 Å². The molecule has 1 heterocycles. The van der Waals surface area contributed by atoms with Gasteiger partial charge < -0.3 is 15.7 Å². The summed E-state index contributed by atoms with van der Waals surface area (Å²) in [5, 5.41) is 14.8. The van der Waals surface area contributed by atoms with Crippen molar-refractivity contribution in [3.05, 3.63) is 47.3 Å². The summed E-state index contributed by atoms with van der Waals surface area (Å²) in [6.07, 6.45) is 2.28. The number of benzene rings is 1. The molecule has 0 saturated heterocycles. The fraction of sp³-hybridized carbons (Fsp3) is 0.333. The second-order valence-electron chi connectivity index (χ2n) is 5.82. The molecule has 1 aromatic carbocycles. The minimum Gasteiger partial charge on any atom is -0.480 e. The van der Waals surface area contributed by atoms with E-state index in [1.807, 2.05) is 26.2 Å². The molecule has 1 amide bonds. The van der Waals surface area contributed by atoms with Crippen molar-refractivity contribution in [3.8, 4) is 0 Å². The van der Waals surface area contributed by atoms with Crippen LogP contribution in [0.4, 0.5) is 11.6 Å². The highest BCUT2D eigenvalue weighted by molar-refractivity contribution is 7.98. The summed E-state index contributed by atoms with van der Waals surface area (Å²) >= 11 is 1.54. The molecular weight excluding hydrogens is 352 g/mol. The normalized spacial score (nSPS) is 11.7. The molecule has 1 aromatic heterocycles. The van der Waals surface area contributed by atoms with Crippen molar-refractivity contribution in [1.29, 1.82) is 0 Å².